The Labute approximate surface area is 154 Å². The summed E-state index contributed by atoms with van der Waals surface area (Å²) in [5.74, 6) is 1.22. The lowest BCUT2D eigenvalue weighted by Crippen LogP contribution is -2.32. The van der Waals surface area contributed by atoms with Crippen molar-refractivity contribution < 1.29 is 13.9 Å². The van der Waals surface area contributed by atoms with E-state index in [-0.39, 0.29) is 5.82 Å². The van der Waals surface area contributed by atoms with Crippen molar-refractivity contribution in [3.8, 4) is 5.75 Å². The lowest BCUT2D eigenvalue weighted by Gasteiger charge is -2.13. The van der Waals surface area contributed by atoms with Gasteiger partial charge in [-0.1, -0.05) is 24.3 Å². The Hall–Kier alpha value is -2.60. The third kappa shape index (κ3) is 6.72. The molecule has 0 aliphatic rings. The minimum atomic E-state index is -0.185. The fourth-order valence-electron chi connectivity index (χ4n) is 2.39. The normalized spacial score (nSPS) is 11.3. The molecular weight excluding hydrogens is 333 g/mol. The molecule has 0 aliphatic carbocycles. The summed E-state index contributed by atoms with van der Waals surface area (Å²) < 4.78 is 24.3. The number of ether oxygens (including phenoxy) is 2. The van der Waals surface area contributed by atoms with Gasteiger partial charge in [0.05, 0.1) is 6.61 Å². The highest BCUT2D eigenvalue weighted by molar-refractivity contribution is 5.93. The van der Waals surface area contributed by atoms with Crippen LogP contribution >= 0.6 is 0 Å². The van der Waals surface area contributed by atoms with Gasteiger partial charge in [0.1, 0.15) is 11.6 Å². The maximum Gasteiger partial charge on any atom is 0.195 e. The van der Waals surface area contributed by atoms with E-state index in [2.05, 4.69) is 15.6 Å². The van der Waals surface area contributed by atoms with E-state index < -0.39 is 0 Å². The second-order valence-corrected chi connectivity index (χ2v) is 5.69. The summed E-state index contributed by atoms with van der Waals surface area (Å²) in [5.41, 5.74) is 1.55. The number of hydrogen-bond donors (Lipinski definition) is 2. The number of rotatable bonds is 9. The maximum atomic E-state index is 13.6. The third-order valence-corrected chi connectivity index (χ3v) is 3.73. The number of nitrogens with one attached hydrogen (secondary N) is 2. The highest BCUT2D eigenvalue weighted by Gasteiger charge is 2.03. The molecule has 0 fully saturated rings. The van der Waals surface area contributed by atoms with E-state index in [4.69, 9.17) is 9.47 Å². The van der Waals surface area contributed by atoms with Crippen molar-refractivity contribution in [1.29, 1.82) is 0 Å². The van der Waals surface area contributed by atoms with Gasteiger partial charge < -0.3 is 20.1 Å². The first-order valence-corrected chi connectivity index (χ1v) is 8.66. The van der Waals surface area contributed by atoms with Gasteiger partial charge >= 0.3 is 0 Å². The van der Waals surface area contributed by atoms with Crippen LogP contribution in [0.5, 0.6) is 5.75 Å². The van der Waals surface area contributed by atoms with Gasteiger partial charge in [-0.25, -0.2) is 4.39 Å². The molecule has 0 spiro atoms. The standard InChI is InChI=1S/C20H26FN3O2/c1-22-20(23-12-11-16-7-3-4-10-19(16)21)24-17-8-5-9-18(15-17)26-14-6-13-25-2/h3-5,7-10,15H,6,11-14H2,1-2H3,(H2,22,23,24). The van der Waals surface area contributed by atoms with Crippen LogP contribution in [-0.2, 0) is 11.2 Å². The largest absolute Gasteiger partial charge is 0.493 e. The summed E-state index contributed by atoms with van der Waals surface area (Å²) in [6, 6.07) is 14.5. The topological polar surface area (TPSA) is 54.9 Å². The highest BCUT2D eigenvalue weighted by atomic mass is 19.1. The second kappa shape index (κ2) is 11.1. The molecule has 2 N–H and O–H groups in total. The van der Waals surface area contributed by atoms with Crippen molar-refractivity contribution in [2.75, 3.05) is 39.2 Å². The van der Waals surface area contributed by atoms with Crippen LogP contribution in [0.2, 0.25) is 0 Å². The second-order valence-electron chi connectivity index (χ2n) is 5.69. The van der Waals surface area contributed by atoms with Crippen LogP contribution in [-0.4, -0.2) is 39.9 Å². The Morgan fingerprint density at radius 2 is 1.96 bits per heavy atom. The number of aliphatic imine (C=N–C) groups is 1. The van der Waals surface area contributed by atoms with Crippen LogP contribution in [0.1, 0.15) is 12.0 Å². The molecule has 0 bridgehead atoms. The first-order valence-electron chi connectivity index (χ1n) is 8.66. The van der Waals surface area contributed by atoms with Gasteiger partial charge in [0.25, 0.3) is 0 Å². The fourth-order valence-corrected chi connectivity index (χ4v) is 2.39. The van der Waals surface area contributed by atoms with Gasteiger partial charge in [0, 0.05) is 45.5 Å². The quantitative estimate of drug-likeness (QED) is 0.409. The van der Waals surface area contributed by atoms with Crippen molar-refractivity contribution in [3.05, 3.63) is 59.9 Å². The fraction of sp³-hybridized carbons (Fsp3) is 0.350. The van der Waals surface area contributed by atoms with Crippen molar-refractivity contribution in [2.24, 2.45) is 4.99 Å². The Balaban J connectivity index is 1.82. The average molecular weight is 359 g/mol. The molecule has 0 radical (unpaired) electrons. The van der Waals surface area contributed by atoms with E-state index in [1.54, 1.807) is 26.3 Å². The molecule has 2 aromatic rings. The summed E-state index contributed by atoms with van der Waals surface area (Å²) in [6.07, 6.45) is 1.42. The van der Waals surface area contributed by atoms with Crippen molar-refractivity contribution >= 4 is 11.6 Å². The molecule has 0 aliphatic heterocycles. The van der Waals surface area contributed by atoms with Crippen LogP contribution in [0.25, 0.3) is 0 Å². The Kier molecular flexibility index (Phi) is 8.42. The zero-order chi connectivity index (χ0) is 18.6. The van der Waals surface area contributed by atoms with Crippen molar-refractivity contribution in [2.45, 2.75) is 12.8 Å². The van der Waals surface area contributed by atoms with Gasteiger partial charge in [0.2, 0.25) is 0 Å². The molecule has 0 aromatic heterocycles. The Morgan fingerprint density at radius 1 is 1.12 bits per heavy atom. The predicted octanol–water partition coefficient (Wildman–Crippen LogP) is 3.47. The zero-order valence-corrected chi connectivity index (χ0v) is 15.3. The van der Waals surface area contributed by atoms with Gasteiger partial charge in [0.15, 0.2) is 5.96 Å². The smallest absolute Gasteiger partial charge is 0.195 e. The minimum absolute atomic E-state index is 0.185. The zero-order valence-electron chi connectivity index (χ0n) is 15.3. The van der Waals surface area contributed by atoms with E-state index in [1.807, 2.05) is 30.3 Å². The SMILES string of the molecule is CN=C(NCCc1ccccc1F)Nc1cccc(OCCCOC)c1. The van der Waals surface area contributed by atoms with E-state index in [1.165, 1.54) is 6.07 Å². The molecule has 26 heavy (non-hydrogen) atoms. The maximum absolute atomic E-state index is 13.6. The summed E-state index contributed by atoms with van der Waals surface area (Å²) in [4.78, 5) is 4.20. The van der Waals surface area contributed by atoms with Crippen LogP contribution in [0.4, 0.5) is 10.1 Å². The minimum Gasteiger partial charge on any atom is -0.493 e. The summed E-state index contributed by atoms with van der Waals surface area (Å²) >= 11 is 0. The molecule has 2 aromatic carbocycles. The Morgan fingerprint density at radius 3 is 2.73 bits per heavy atom. The van der Waals surface area contributed by atoms with Crippen LogP contribution in [0, 0.1) is 5.82 Å². The van der Waals surface area contributed by atoms with Crippen LogP contribution < -0.4 is 15.4 Å². The van der Waals surface area contributed by atoms with Crippen molar-refractivity contribution in [1.82, 2.24) is 5.32 Å². The monoisotopic (exact) mass is 359 g/mol. The first kappa shape index (κ1) is 19.7. The number of nitrogens with zero attached hydrogens (tertiary/aromatic N) is 1. The lowest BCUT2D eigenvalue weighted by molar-refractivity contribution is 0.172. The van der Waals surface area contributed by atoms with E-state index >= 15 is 0 Å². The number of methoxy groups -OCH3 is 1. The highest BCUT2D eigenvalue weighted by Crippen LogP contribution is 2.17. The van der Waals surface area contributed by atoms with Gasteiger partial charge in [-0.3, -0.25) is 4.99 Å². The molecule has 0 atom stereocenters. The summed E-state index contributed by atoms with van der Waals surface area (Å²) in [6.45, 7) is 1.86. The number of benzene rings is 2. The molecule has 140 valence electrons. The van der Waals surface area contributed by atoms with Gasteiger partial charge in [-0.2, -0.15) is 0 Å². The van der Waals surface area contributed by atoms with Gasteiger partial charge in [-0.15, -0.1) is 0 Å². The number of anilines is 1. The summed E-state index contributed by atoms with van der Waals surface area (Å²) in [7, 11) is 3.37. The van der Waals surface area contributed by atoms with Crippen LogP contribution in [0.15, 0.2) is 53.5 Å². The van der Waals surface area contributed by atoms with Crippen molar-refractivity contribution in [3.63, 3.8) is 0 Å². The average Bonchev–Trinajstić information content (AvgIpc) is 2.66. The molecule has 2 rings (SSSR count). The molecule has 6 heteroatoms. The molecule has 0 unspecified atom stereocenters. The summed E-state index contributed by atoms with van der Waals surface area (Å²) in [5, 5.41) is 6.40. The molecule has 0 saturated heterocycles. The molecular formula is C20H26FN3O2. The van der Waals surface area contributed by atoms with Crippen LogP contribution in [0.3, 0.4) is 0 Å². The number of hydrogen-bond acceptors (Lipinski definition) is 3. The van der Waals surface area contributed by atoms with E-state index in [0.717, 1.165) is 17.9 Å². The molecule has 0 saturated carbocycles. The third-order valence-electron chi connectivity index (χ3n) is 3.73. The number of guanidine groups is 1. The number of halogens is 1. The van der Waals surface area contributed by atoms with Gasteiger partial charge in [-0.05, 0) is 30.2 Å². The first-order chi connectivity index (χ1) is 12.7. The molecule has 0 heterocycles. The van der Waals surface area contributed by atoms with E-state index in [0.29, 0.717) is 37.7 Å². The molecule has 5 nitrogen and oxygen atoms in total. The van der Waals surface area contributed by atoms with E-state index in [9.17, 15) is 4.39 Å². The Bertz CT molecular complexity index is 707. The predicted molar refractivity (Wildman–Crippen MR) is 104 cm³/mol. The molecule has 0 amide bonds. The lowest BCUT2D eigenvalue weighted by atomic mass is 10.1.